The second-order valence-corrected chi connectivity index (χ2v) is 4.97. The highest BCUT2D eigenvalue weighted by Gasteiger charge is 2.11. The van der Waals surface area contributed by atoms with Gasteiger partial charge in [0.15, 0.2) is 0 Å². The molecule has 0 saturated heterocycles. The topological polar surface area (TPSA) is 67.4 Å². The van der Waals surface area contributed by atoms with Gasteiger partial charge in [0.1, 0.15) is 0 Å². The van der Waals surface area contributed by atoms with Crippen LogP contribution < -0.4 is 10.6 Å². The first-order valence-electron chi connectivity index (χ1n) is 5.53. The molecule has 0 unspecified atom stereocenters. The molecule has 104 valence electrons. The van der Waals surface area contributed by atoms with Crippen molar-refractivity contribution in [1.29, 1.82) is 0 Å². The summed E-state index contributed by atoms with van der Waals surface area (Å²) in [6.45, 7) is 0.734. The van der Waals surface area contributed by atoms with Gasteiger partial charge in [-0.05, 0) is 18.2 Å². The van der Waals surface area contributed by atoms with E-state index >= 15 is 0 Å². The quantitative estimate of drug-likeness (QED) is 0.767. The Balaban J connectivity index is 2.45. The Kier molecular flexibility index (Phi) is 6.83. The van der Waals surface area contributed by atoms with E-state index in [9.17, 15) is 9.59 Å². The predicted molar refractivity (Wildman–Crippen MR) is 76.4 cm³/mol. The number of methoxy groups -OCH3 is 1. The Labute approximate surface area is 124 Å². The van der Waals surface area contributed by atoms with Crippen molar-refractivity contribution >= 4 is 39.3 Å². The van der Waals surface area contributed by atoms with Crippen LogP contribution in [0.1, 0.15) is 10.4 Å². The Bertz CT molecular complexity index is 468. The molecule has 0 atom stereocenters. The first-order valence-corrected chi connectivity index (χ1v) is 6.70. The van der Waals surface area contributed by atoms with Crippen LogP contribution >= 0.6 is 27.5 Å². The van der Waals surface area contributed by atoms with Crippen LogP contribution in [-0.4, -0.2) is 38.6 Å². The van der Waals surface area contributed by atoms with Crippen LogP contribution in [0, 0.1) is 0 Å². The van der Waals surface area contributed by atoms with E-state index in [4.69, 9.17) is 16.3 Å². The SMILES string of the molecule is COCCNC(=O)CNC(=O)c1ccc(Br)cc1Cl. The third-order valence-corrected chi connectivity index (χ3v) is 3.02. The number of carbonyl (C=O) groups is 2. The Hall–Kier alpha value is -1.11. The fraction of sp³-hybridized carbons (Fsp3) is 0.333. The van der Waals surface area contributed by atoms with Gasteiger partial charge in [0.25, 0.3) is 5.91 Å². The number of hydrogen-bond donors (Lipinski definition) is 2. The van der Waals surface area contributed by atoms with E-state index in [0.717, 1.165) is 4.47 Å². The summed E-state index contributed by atoms with van der Waals surface area (Å²) in [4.78, 5) is 23.2. The minimum Gasteiger partial charge on any atom is -0.383 e. The number of hydrogen-bond acceptors (Lipinski definition) is 3. The van der Waals surface area contributed by atoms with Crippen LogP contribution in [0.25, 0.3) is 0 Å². The molecule has 0 saturated carbocycles. The lowest BCUT2D eigenvalue weighted by molar-refractivity contribution is -0.120. The molecule has 0 aromatic heterocycles. The molecule has 0 aliphatic rings. The summed E-state index contributed by atoms with van der Waals surface area (Å²) in [7, 11) is 1.55. The van der Waals surface area contributed by atoms with Gasteiger partial charge in [0.05, 0.1) is 23.7 Å². The van der Waals surface area contributed by atoms with Gasteiger partial charge in [0.2, 0.25) is 5.91 Å². The third kappa shape index (κ3) is 5.59. The normalized spacial score (nSPS) is 10.1. The third-order valence-electron chi connectivity index (χ3n) is 2.21. The molecular formula is C12H14BrClN2O3. The lowest BCUT2D eigenvalue weighted by Gasteiger charge is -2.07. The molecule has 7 heteroatoms. The van der Waals surface area contributed by atoms with Gasteiger partial charge in [-0.15, -0.1) is 0 Å². The highest BCUT2D eigenvalue weighted by Crippen LogP contribution is 2.21. The zero-order valence-electron chi connectivity index (χ0n) is 10.3. The molecule has 2 amide bonds. The van der Waals surface area contributed by atoms with Crippen molar-refractivity contribution in [2.24, 2.45) is 0 Å². The maximum Gasteiger partial charge on any atom is 0.253 e. The average molecular weight is 350 g/mol. The van der Waals surface area contributed by atoms with Gasteiger partial charge in [-0.1, -0.05) is 27.5 Å². The summed E-state index contributed by atoms with van der Waals surface area (Å²) in [5, 5.41) is 5.41. The lowest BCUT2D eigenvalue weighted by atomic mass is 10.2. The minimum absolute atomic E-state index is 0.102. The molecule has 0 spiro atoms. The van der Waals surface area contributed by atoms with Gasteiger partial charge in [0, 0.05) is 18.1 Å². The molecular weight excluding hydrogens is 336 g/mol. The van der Waals surface area contributed by atoms with Crippen LogP contribution in [0.2, 0.25) is 5.02 Å². The second kappa shape index (κ2) is 8.14. The molecule has 19 heavy (non-hydrogen) atoms. The number of amides is 2. The van der Waals surface area contributed by atoms with Crippen molar-refractivity contribution in [3.05, 3.63) is 33.3 Å². The maximum atomic E-state index is 11.8. The summed E-state index contributed by atoms with van der Waals surface area (Å²) in [5.41, 5.74) is 0.328. The van der Waals surface area contributed by atoms with Gasteiger partial charge in [-0.2, -0.15) is 0 Å². The molecule has 0 aliphatic heterocycles. The molecule has 1 aromatic carbocycles. The largest absolute Gasteiger partial charge is 0.383 e. The van der Waals surface area contributed by atoms with E-state index in [2.05, 4.69) is 26.6 Å². The number of ether oxygens (including phenoxy) is 1. The zero-order valence-corrected chi connectivity index (χ0v) is 12.7. The molecule has 1 rings (SSSR count). The summed E-state index contributed by atoms with van der Waals surface area (Å²) < 4.78 is 5.57. The van der Waals surface area contributed by atoms with Crippen molar-refractivity contribution < 1.29 is 14.3 Å². The molecule has 5 nitrogen and oxygen atoms in total. The molecule has 2 N–H and O–H groups in total. The smallest absolute Gasteiger partial charge is 0.253 e. The first kappa shape index (κ1) is 15.9. The Morgan fingerprint density at radius 1 is 1.37 bits per heavy atom. The number of rotatable bonds is 6. The number of halogens is 2. The lowest BCUT2D eigenvalue weighted by Crippen LogP contribution is -2.38. The summed E-state index contributed by atoms with van der Waals surface area (Å²) in [6, 6.07) is 4.92. The van der Waals surface area contributed by atoms with Crippen molar-refractivity contribution in [2.45, 2.75) is 0 Å². The fourth-order valence-electron chi connectivity index (χ4n) is 1.28. The number of benzene rings is 1. The average Bonchev–Trinajstić information content (AvgIpc) is 2.36. The van der Waals surface area contributed by atoms with Crippen LogP contribution in [-0.2, 0) is 9.53 Å². The van der Waals surface area contributed by atoms with Crippen molar-refractivity contribution in [2.75, 3.05) is 26.8 Å². The molecule has 0 radical (unpaired) electrons. The Morgan fingerprint density at radius 2 is 2.11 bits per heavy atom. The second-order valence-electron chi connectivity index (χ2n) is 3.65. The summed E-state index contributed by atoms with van der Waals surface area (Å²) >= 11 is 9.18. The van der Waals surface area contributed by atoms with Crippen LogP contribution in [0.4, 0.5) is 0 Å². The predicted octanol–water partition coefficient (Wildman–Crippen LogP) is 1.59. The van der Waals surface area contributed by atoms with Crippen molar-refractivity contribution in [3.63, 3.8) is 0 Å². The van der Waals surface area contributed by atoms with E-state index in [1.165, 1.54) is 0 Å². The highest BCUT2D eigenvalue weighted by atomic mass is 79.9. The van der Waals surface area contributed by atoms with E-state index in [1.54, 1.807) is 25.3 Å². The number of carbonyl (C=O) groups excluding carboxylic acids is 2. The van der Waals surface area contributed by atoms with Crippen molar-refractivity contribution in [1.82, 2.24) is 10.6 Å². The standard InChI is InChI=1S/C12H14BrClN2O3/c1-19-5-4-15-11(17)7-16-12(18)9-3-2-8(13)6-10(9)14/h2-3,6H,4-5,7H2,1H3,(H,15,17)(H,16,18). The molecule has 0 bridgehead atoms. The van der Waals surface area contributed by atoms with E-state index in [0.29, 0.717) is 23.7 Å². The van der Waals surface area contributed by atoms with Crippen LogP contribution in [0.15, 0.2) is 22.7 Å². The van der Waals surface area contributed by atoms with Gasteiger partial charge in [-0.25, -0.2) is 0 Å². The molecule has 0 fully saturated rings. The van der Waals surface area contributed by atoms with Crippen molar-refractivity contribution in [3.8, 4) is 0 Å². The highest BCUT2D eigenvalue weighted by molar-refractivity contribution is 9.10. The van der Waals surface area contributed by atoms with Gasteiger partial charge >= 0.3 is 0 Å². The number of nitrogens with one attached hydrogen (secondary N) is 2. The van der Waals surface area contributed by atoms with E-state index in [-0.39, 0.29) is 18.4 Å². The maximum absolute atomic E-state index is 11.8. The van der Waals surface area contributed by atoms with Crippen LogP contribution in [0.5, 0.6) is 0 Å². The molecule has 1 aromatic rings. The summed E-state index contributed by atoms with van der Waals surface area (Å²) in [5.74, 6) is -0.668. The van der Waals surface area contributed by atoms with E-state index in [1.807, 2.05) is 0 Å². The molecule has 0 aliphatic carbocycles. The monoisotopic (exact) mass is 348 g/mol. The summed E-state index contributed by atoms with van der Waals surface area (Å²) in [6.07, 6.45) is 0. The minimum atomic E-state index is -0.389. The van der Waals surface area contributed by atoms with E-state index < -0.39 is 0 Å². The van der Waals surface area contributed by atoms with Gasteiger partial charge in [-0.3, -0.25) is 9.59 Å². The fourth-order valence-corrected chi connectivity index (χ4v) is 2.04. The Morgan fingerprint density at radius 3 is 2.74 bits per heavy atom. The zero-order chi connectivity index (χ0) is 14.3. The molecule has 0 heterocycles. The van der Waals surface area contributed by atoms with Gasteiger partial charge < -0.3 is 15.4 Å². The van der Waals surface area contributed by atoms with Crippen LogP contribution in [0.3, 0.4) is 0 Å². The first-order chi connectivity index (χ1) is 9.04.